The molecule has 2 aromatic rings. The van der Waals surface area contributed by atoms with Crippen molar-refractivity contribution in [1.82, 2.24) is 4.90 Å². The zero-order valence-electron chi connectivity index (χ0n) is 11.0. The van der Waals surface area contributed by atoms with Gasteiger partial charge in [-0.05, 0) is 35.4 Å². The molecular formula is C16H12BrCl2NO. The van der Waals surface area contributed by atoms with Crippen LogP contribution in [-0.2, 0) is 4.79 Å². The predicted octanol–water partition coefficient (Wildman–Crippen LogP) is 4.69. The van der Waals surface area contributed by atoms with Crippen LogP contribution in [0.3, 0.4) is 0 Å². The average molecular weight is 385 g/mol. The van der Waals surface area contributed by atoms with Crippen molar-refractivity contribution in [3.63, 3.8) is 0 Å². The second kappa shape index (κ2) is 6.09. The molecular weight excluding hydrogens is 373 g/mol. The number of ketones is 1. The molecule has 0 bridgehead atoms. The number of likely N-dealkylation sites (tertiary alicyclic amines) is 1. The first-order valence-electron chi connectivity index (χ1n) is 6.50. The summed E-state index contributed by atoms with van der Waals surface area (Å²) in [6.07, 6.45) is 0. The van der Waals surface area contributed by atoms with E-state index in [1.807, 2.05) is 48.5 Å². The summed E-state index contributed by atoms with van der Waals surface area (Å²) in [5.74, 6) is 0.197. The fourth-order valence-corrected chi connectivity index (χ4v) is 3.27. The number of rotatable bonds is 3. The molecule has 0 aromatic heterocycles. The number of hydrogen-bond donors (Lipinski definition) is 0. The van der Waals surface area contributed by atoms with E-state index in [0.29, 0.717) is 16.6 Å². The van der Waals surface area contributed by atoms with Crippen LogP contribution in [0.1, 0.15) is 17.2 Å². The number of carbonyl (C=O) groups is 1. The van der Waals surface area contributed by atoms with E-state index in [2.05, 4.69) is 20.8 Å². The monoisotopic (exact) mass is 383 g/mol. The number of carbonyl (C=O) groups excluding carboxylic acids is 1. The first-order chi connectivity index (χ1) is 10.1. The Labute approximate surface area is 141 Å². The van der Waals surface area contributed by atoms with Crippen LogP contribution in [0.2, 0.25) is 10.0 Å². The first kappa shape index (κ1) is 15.0. The quantitative estimate of drug-likeness (QED) is 0.565. The van der Waals surface area contributed by atoms with E-state index in [-0.39, 0.29) is 16.8 Å². The van der Waals surface area contributed by atoms with Gasteiger partial charge < -0.3 is 0 Å². The molecule has 0 spiro atoms. The summed E-state index contributed by atoms with van der Waals surface area (Å²) in [6.45, 7) is 0.436. The van der Waals surface area contributed by atoms with Gasteiger partial charge in [-0.1, -0.05) is 63.4 Å². The fraction of sp³-hybridized carbons (Fsp3) is 0.188. The highest BCUT2D eigenvalue weighted by atomic mass is 79.9. The Hall–Kier alpha value is -0.870. The summed E-state index contributed by atoms with van der Waals surface area (Å²) < 4.78 is 0. The number of benzene rings is 2. The van der Waals surface area contributed by atoms with Gasteiger partial charge in [-0.2, -0.15) is 0 Å². The largest absolute Gasteiger partial charge is 0.295 e. The lowest BCUT2D eigenvalue weighted by atomic mass is 9.94. The molecule has 1 unspecified atom stereocenters. The van der Waals surface area contributed by atoms with Crippen LogP contribution < -0.4 is 0 Å². The normalized spacial score (nSPS) is 18.9. The lowest BCUT2D eigenvalue weighted by Gasteiger charge is -2.42. The summed E-state index contributed by atoms with van der Waals surface area (Å²) >= 11 is 15.4. The summed E-state index contributed by atoms with van der Waals surface area (Å²) in [5.41, 5.74) is 2.19. The zero-order chi connectivity index (χ0) is 15.0. The predicted molar refractivity (Wildman–Crippen MR) is 89.2 cm³/mol. The average Bonchev–Trinajstić information content (AvgIpc) is 2.50. The Balaban J connectivity index is 2.00. The van der Waals surface area contributed by atoms with Crippen molar-refractivity contribution in [2.45, 2.75) is 11.0 Å². The first-order valence-corrected chi connectivity index (χ1v) is 8.17. The minimum absolute atomic E-state index is 0.00149. The van der Waals surface area contributed by atoms with Crippen LogP contribution in [0, 0.1) is 0 Å². The van der Waals surface area contributed by atoms with Gasteiger partial charge in [0.2, 0.25) is 0 Å². The van der Waals surface area contributed by atoms with Gasteiger partial charge in [0.05, 0.1) is 12.6 Å². The molecule has 5 heteroatoms. The van der Waals surface area contributed by atoms with Crippen molar-refractivity contribution in [2.24, 2.45) is 0 Å². The number of halogens is 3. The molecule has 3 rings (SSSR count). The molecule has 2 nitrogen and oxygen atoms in total. The van der Waals surface area contributed by atoms with Crippen molar-refractivity contribution in [1.29, 1.82) is 0 Å². The van der Waals surface area contributed by atoms with E-state index in [9.17, 15) is 4.79 Å². The van der Waals surface area contributed by atoms with E-state index in [4.69, 9.17) is 23.2 Å². The minimum Gasteiger partial charge on any atom is -0.295 e. The Morgan fingerprint density at radius 2 is 1.38 bits per heavy atom. The number of nitrogens with zero attached hydrogens (tertiary/aromatic N) is 1. The van der Waals surface area contributed by atoms with Gasteiger partial charge in [0.15, 0.2) is 5.78 Å². The van der Waals surface area contributed by atoms with E-state index < -0.39 is 0 Å². The molecule has 21 heavy (non-hydrogen) atoms. The fourth-order valence-electron chi connectivity index (χ4n) is 2.50. The molecule has 0 amide bonds. The molecule has 1 aliphatic heterocycles. The van der Waals surface area contributed by atoms with Crippen LogP contribution in [0.15, 0.2) is 48.5 Å². The van der Waals surface area contributed by atoms with Gasteiger partial charge in [-0.3, -0.25) is 9.69 Å². The maximum atomic E-state index is 11.6. The standard InChI is InChI=1S/C16H12BrCl2NO/c17-16-14(21)9-20(16)15(10-1-5-12(18)6-2-10)11-3-7-13(19)8-4-11/h1-8,15-16H,9H2. The maximum absolute atomic E-state index is 11.6. The van der Waals surface area contributed by atoms with E-state index >= 15 is 0 Å². The number of alkyl halides is 1. The van der Waals surface area contributed by atoms with E-state index in [0.717, 1.165) is 11.1 Å². The van der Waals surface area contributed by atoms with E-state index in [1.54, 1.807) is 0 Å². The van der Waals surface area contributed by atoms with Crippen molar-refractivity contribution in [3.05, 3.63) is 69.7 Å². The summed E-state index contributed by atoms with van der Waals surface area (Å²) in [5, 5.41) is 1.40. The summed E-state index contributed by atoms with van der Waals surface area (Å²) in [6, 6.07) is 15.4. The smallest absolute Gasteiger partial charge is 0.174 e. The van der Waals surface area contributed by atoms with Gasteiger partial charge in [0.25, 0.3) is 0 Å². The summed E-state index contributed by atoms with van der Waals surface area (Å²) in [4.78, 5) is 13.4. The van der Waals surface area contributed by atoms with Gasteiger partial charge in [0.1, 0.15) is 4.95 Å². The second-order valence-electron chi connectivity index (χ2n) is 4.98. The highest BCUT2D eigenvalue weighted by Crippen LogP contribution is 2.37. The van der Waals surface area contributed by atoms with Crippen LogP contribution in [-0.4, -0.2) is 22.2 Å². The molecule has 0 N–H and O–H groups in total. The van der Waals surface area contributed by atoms with Crippen molar-refractivity contribution in [2.75, 3.05) is 6.54 Å². The van der Waals surface area contributed by atoms with Crippen molar-refractivity contribution >= 4 is 44.9 Å². The Bertz CT molecular complexity index is 611. The summed E-state index contributed by atoms with van der Waals surface area (Å²) in [7, 11) is 0. The molecule has 1 saturated heterocycles. The molecule has 2 aromatic carbocycles. The number of hydrogen-bond acceptors (Lipinski definition) is 2. The molecule has 108 valence electrons. The van der Waals surface area contributed by atoms with Gasteiger partial charge in [0, 0.05) is 10.0 Å². The Morgan fingerprint density at radius 1 is 0.952 bits per heavy atom. The van der Waals surface area contributed by atoms with Crippen LogP contribution in [0.4, 0.5) is 0 Å². The lowest BCUT2D eigenvalue weighted by molar-refractivity contribution is -0.132. The molecule has 1 atom stereocenters. The Morgan fingerprint density at radius 3 is 1.71 bits per heavy atom. The lowest BCUT2D eigenvalue weighted by Crippen LogP contribution is -2.55. The van der Waals surface area contributed by atoms with Crippen molar-refractivity contribution < 1.29 is 4.79 Å². The number of Topliss-reactive ketones (excluding diaryl/α,β-unsaturated/α-hetero) is 1. The molecule has 1 aliphatic rings. The third-order valence-electron chi connectivity index (χ3n) is 3.60. The third kappa shape index (κ3) is 3.02. The van der Waals surface area contributed by atoms with Gasteiger partial charge in [-0.15, -0.1) is 0 Å². The highest BCUT2D eigenvalue weighted by molar-refractivity contribution is 9.10. The third-order valence-corrected chi connectivity index (χ3v) is 5.14. The van der Waals surface area contributed by atoms with Gasteiger partial charge in [-0.25, -0.2) is 0 Å². The SMILES string of the molecule is O=C1CN(C(c2ccc(Cl)cc2)c2ccc(Cl)cc2)C1Br. The molecule has 0 saturated carbocycles. The minimum atomic E-state index is -0.242. The topological polar surface area (TPSA) is 20.3 Å². The van der Waals surface area contributed by atoms with E-state index in [1.165, 1.54) is 0 Å². The second-order valence-corrected chi connectivity index (χ2v) is 6.72. The molecule has 1 heterocycles. The molecule has 1 fully saturated rings. The van der Waals surface area contributed by atoms with Crippen LogP contribution in [0.25, 0.3) is 0 Å². The van der Waals surface area contributed by atoms with Crippen molar-refractivity contribution in [3.8, 4) is 0 Å². The Kier molecular flexibility index (Phi) is 4.36. The highest BCUT2D eigenvalue weighted by Gasteiger charge is 2.40. The molecule has 0 aliphatic carbocycles. The molecule has 0 radical (unpaired) electrons. The van der Waals surface area contributed by atoms with Crippen LogP contribution in [0.5, 0.6) is 0 Å². The maximum Gasteiger partial charge on any atom is 0.174 e. The zero-order valence-corrected chi connectivity index (χ0v) is 14.1. The van der Waals surface area contributed by atoms with Crippen LogP contribution >= 0.6 is 39.1 Å². The van der Waals surface area contributed by atoms with Gasteiger partial charge >= 0.3 is 0 Å².